The number of hydrogen-bond donors (Lipinski definition) is 2. The van der Waals surface area contributed by atoms with Crippen molar-refractivity contribution in [2.75, 3.05) is 0 Å². The number of aliphatic hydroxyl groups is 1. The maximum Gasteiger partial charge on any atom is 0.330 e. The van der Waals surface area contributed by atoms with Crippen LogP contribution < -0.4 is 0 Å². The zero-order chi connectivity index (χ0) is 8.15. The van der Waals surface area contributed by atoms with Crippen molar-refractivity contribution in [3.63, 3.8) is 0 Å². The van der Waals surface area contributed by atoms with Crippen LogP contribution in [-0.2, 0) is 4.79 Å². The first kappa shape index (κ1) is 9.17. The van der Waals surface area contributed by atoms with Crippen LogP contribution in [0.15, 0.2) is 11.6 Å². The van der Waals surface area contributed by atoms with E-state index < -0.39 is 12.1 Å². The summed E-state index contributed by atoms with van der Waals surface area (Å²) in [5.74, 6) is -0.930. The first-order valence-electron chi connectivity index (χ1n) is 3.12. The second-order valence-corrected chi connectivity index (χ2v) is 2.28. The number of aliphatic carboxylic acids is 1. The van der Waals surface area contributed by atoms with Gasteiger partial charge >= 0.3 is 5.97 Å². The zero-order valence-corrected chi connectivity index (χ0v) is 6.16. The molecule has 0 fully saturated rings. The summed E-state index contributed by atoms with van der Waals surface area (Å²) in [7, 11) is 0. The molecule has 0 aliphatic heterocycles. The Morgan fingerprint density at radius 1 is 1.70 bits per heavy atom. The summed E-state index contributed by atoms with van der Waals surface area (Å²) in [5, 5.41) is 17.1. The van der Waals surface area contributed by atoms with E-state index in [1.54, 1.807) is 6.92 Å². The van der Waals surface area contributed by atoms with Crippen molar-refractivity contribution in [3.05, 3.63) is 11.6 Å². The van der Waals surface area contributed by atoms with Gasteiger partial charge in [0.2, 0.25) is 0 Å². The predicted octanol–water partition coefficient (Wildman–Crippen LogP) is 0.788. The minimum atomic E-state index is -0.930. The molecule has 3 nitrogen and oxygen atoms in total. The highest BCUT2D eigenvalue weighted by molar-refractivity contribution is 5.85. The third-order valence-electron chi connectivity index (χ3n) is 1.10. The van der Waals surface area contributed by atoms with E-state index in [4.69, 9.17) is 10.2 Å². The molecule has 0 spiro atoms. The number of aliphatic hydroxyl groups excluding tert-OH is 1. The first-order valence-corrected chi connectivity index (χ1v) is 3.12. The fourth-order valence-electron chi connectivity index (χ4n) is 0.435. The van der Waals surface area contributed by atoms with Crippen molar-refractivity contribution in [1.29, 1.82) is 0 Å². The maximum atomic E-state index is 10.2. The second-order valence-electron chi connectivity index (χ2n) is 2.28. The maximum absolute atomic E-state index is 10.2. The Bertz CT molecular complexity index is 147. The quantitative estimate of drug-likeness (QED) is 0.576. The number of carboxylic acids is 1. The van der Waals surface area contributed by atoms with Crippen molar-refractivity contribution >= 4 is 5.97 Å². The summed E-state index contributed by atoms with van der Waals surface area (Å²) in [4.78, 5) is 10.2. The lowest BCUT2D eigenvalue weighted by Gasteiger charge is -1.97. The molecule has 0 saturated heterocycles. The highest BCUT2D eigenvalue weighted by atomic mass is 16.4. The van der Waals surface area contributed by atoms with Crippen LogP contribution in [0.25, 0.3) is 0 Å². The van der Waals surface area contributed by atoms with Crippen molar-refractivity contribution < 1.29 is 15.0 Å². The van der Waals surface area contributed by atoms with Crippen LogP contribution in [0.5, 0.6) is 0 Å². The van der Waals surface area contributed by atoms with Crippen LogP contribution in [0.1, 0.15) is 20.3 Å². The van der Waals surface area contributed by atoms with Gasteiger partial charge in [0.05, 0.1) is 6.10 Å². The van der Waals surface area contributed by atoms with Crippen molar-refractivity contribution in [3.8, 4) is 0 Å². The average molecular weight is 144 g/mol. The molecule has 0 bridgehead atoms. The smallest absolute Gasteiger partial charge is 0.330 e. The molecule has 0 radical (unpaired) electrons. The van der Waals surface area contributed by atoms with E-state index in [0.717, 1.165) is 0 Å². The SMILES string of the molecule is C/C(=C\CC(C)O)C(=O)O. The highest BCUT2D eigenvalue weighted by Crippen LogP contribution is 1.97. The minimum Gasteiger partial charge on any atom is -0.478 e. The second kappa shape index (κ2) is 4.06. The molecule has 0 aromatic carbocycles. The molecule has 0 rings (SSSR count). The van der Waals surface area contributed by atoms with Gasteiger partial charge in [-0.3, -0.25) is 0 Å². The van der Waals surface area contributed by atoms with Gasteiger partial charge in [-0.05, 0) is 20.3 Å². The Balaban J connectivity index is 3.81. The van der Waals surface area contributed by atoms with Crippen molar-refractivity contribution in [2.45, 2.75) is 26.4 Å². The van der Waals surface area contributed by atoms with Crippen LogP contribution in [-0.4, -0.2) is 22.3 Å². The van der Waals surface area contributed by atoms with Gasteiger partial charge in [-0.15, -0.1) is 0 Å². The molecule has 0 saturated carbocycles. The fourth-order valence-corrected chi connectivity index (χ4v) is 0.435. The molecular formula is C7H12O3. The van der Waals surface area contributed by atoms with E-state index in [2.05, 4.69) is 0 Å². The molecular weight excluding hydrogens is 132 g/mol. The summed E-state index contributed by atoms with van der Waals surface area (Å²) in [6, 6.07) is 0. The lowest BCUT2D eigenvalue weighted by molar-refractivity contribution is -0.132. The van der Waals surface area contributed by atoms with Crippen LogP contribution in [0.2, 0.25) is 0 Å². The highest BCUT2D eigenvalue weighted by Gasteiger charge is 1.99. The van der Waals surface area contributed by atoms with E-state index in [0.29, 0.717) is 6.42 Å². The Morgan fingerprint density at radius 3 is 2.50 bits per heavy atom. The van der Waals surface area contributed by atoms with Gasteiger partial charge in [0.15, 0.2) is 0 Å². The standard InChI is InChI=1S/C7H12O3/c1-5(7(9)10)3-4-6(2)8/h3,6,8H,4H2,1-2H3,(H,9,10)/b5-3+. The molecule has 0 amide bonds. The van der Waals surface area contributed by atoms with Gasteiger partial charge in [0, 0.05) is 5.57 Å². The predicted molar refractivity (Wildman–Crippen MR) is 37.7 cm³/mol. The van der Waals surface area contributed by atoms with Gasteiger partial charge in [0.25, 0.3) is 0 Å². The molecule has 10 heavy (non-hydrogen) atoms. The molecule has 0 aromatic rings. The van der Waals surface area contributed by atoms with Gasteiger partial charge in [-0.2, -0.15) is 0 Å². The minimum absolute atomic E-state index is 0.279. The van der Waals surface area contributed by atoms with Gasteiger partial charge < -0.3 is 10.2 Å². The van der Waals surface area contributed by atoms with E-state index in [1.807, 2.05) is 0 Å². The van der Waals surface area contributed by atoms with Gasteiger partial charge in [0.1, 0.15) is 0 Å². The van der Waals surface area contributed by atoms with E-state index >= 15 is 0 Å². The molecule has 3 heteroatoms. The van der Waals surface area contributed by atoms with E-state index in [1.165, 1.54) is 13.0 Å². The summed E-state index contributed by atoms with van der Waals surface area (Å²) >= 11 is 0. The third-order valence-corrected chi connectivity index (χ3v) is 1.10. The normalized spacial score (nSPS) is 14.9. The summed E-state index contributed by atoms with van der Waals surface area (Å²) in [5.41, 5.74) is 0.279. The molecule has 1 unspecified atom stereocenters. The Morgan fingerprint density at radius 2 is 2.20 bits per heavy atom. The van der Waals surface area contributed by atoms with Crippen LogP contribution in [0.4, 0.5) is 0 Å². The number of carboxylic acid groups (broad SMARTS) is 1. The Labute approximate surface area is 60.0 Å². The molecule has 2 N–H and O–H groups in total. The molecule has 0 aromatic heterocycles. The Kier molecular flexibility index (Phi) is 3.72. The lowest BCUT2D eigenvalue weighted by Crippen LogP contribution is -2.00. The van der Waals surface area contributed by atoms with Crippen molar-refractivity contribution in [1.82, 2.24) is 0 Å². The van der Waals surface area contributed by atoms with Crippen LogP contribution >= 0.6 is 0 Å². The molecule has 1 atom stereocenters. The average Bonchev–Trinajstić information content (AvgIpc) is 1.82. The Hall–Kier alpha value is -0.830. The van der Waals surface area contributed by atoms with Crippen LogP contribution in [0, 0.1) is 0 Å². The lowest BCUT2D eigenvalue weighted by atomic mass is 10.2. The number of carbonyl (C=O) groups is 1. The third kappa shape index (κ3) is 4.09. The summed E-state index contributed by atoms with van der Waals surface area (Å²) in [6.07, 6.45) is 1.44. The first-order chi connectivity index (χ1) is 4.54. The summed E-state index contributed by atoms with van der Waals surface area (Å²) in [6.45, 7) is 3.12. The number of hydrogen-bond acceptors (Lipinski definition) is 2. The van der Waals surface area contributed by atoms with E-state index in [9.17, 15) is 4.79 Å². The zero-order valence-electron chi connectivity index (χ0n) is 6.16. The molecule has 58 valence electrons. The monoisotopic (exact) mass is 144 g/mol. The van der Waals surface area contributed by atoms with Gasteiger partial charge in [-0.25, -0.2) is 4.79 Å². The summed E-state index contributed by atoms with van der Waals surface area (Å²) < 4.78 is 0. The molecule has 0 aliphatic carbocycles. The molecule has 0 heterocycles. The number of rotatable bonds is 3. The molecule has 0 aliphatic rings. The van der Waals surface area contributed by atoms with E-state index in [-0.39, 0.29) is 5.57 Å². The van der Waals surface area contributed by atoms with Crippen LogP contribution in [0.3, 0.4) is 0 Å². The fraction of sp³-hybridized carbons (Fsp3) is 0.571. The largest absolute Gasteiger partial charge is 0.478 e. The topological polar surface area (TPSA) is 57.5 Å². The van der Waals surface area contributed by atoms with Gasteiger partial charge in [-0.1, -0.05) is 6.08 Å². The van der Waals surface area contributed by atoms with Crippen molar-refractivity contribution in [2.24, 2.45) is 0 Å².